The first-order valence-corrected chi connectivity index (χ1v) is 7.51. The second-order valence-electron chi connectivity index (χ2n) is 5.93. The van der Waals surface area contributed by atoms with Crippen LogP contribution in [0.4, 0.5) is 0 Å². The summed E-state index contributed by atoms with van der Waals surface area (Å²) in [5, 5.41) is 15.8. The van der Waals surface area contributed by atoms with Gasteiger partial charge in [-0.05, 0) is 49.4 Å². The number of rotatable bonds is 3. The maximum absolute atomic E-state index is 11.0. The lowest BCUT2D eigenvalue weighted by Crippen LogP contribution is -2.26. The van der Waals surface area contributed by atoms with Crippen molar-refractivity contribution in [1.29, 1.82) is 0 Å². The fourth-order valence-electron chi connectivity index (χ4n) is 3.36. The van der Waals surface area contributed by atoms with E-state index in [1.807, 2.05) is 0 Å². The van der Waals surface area contributed by atoms with Gasteiger partial charge in [0.25, 0.3) is 0 Å². The number of piperidine rings is 1. The molecule has 20 heavy (non-hydrogen) atoms. The molecule has 2 aliphatic heterocycles. The Balaban J connectivity index is 1.73. The summed E-state index contributed by atoms with van der Waals surface area (Å²) in [5.41, 5.74) is 2.65. The maximum atomic E-state index is 11.0. The number of carbonyl (C=O) groups is 1. The normalized spacial score (nSPS) is 27.6. The van der Waals surface area contributed by atoms with Crippen molar-refractivity contribution in [2.24, 2.45) is 5.92 Å². The molecule has 0 radical (unpaired) electrons. The minimum Gasteiger partial charge on any atom is -0.481 e. The smallest absolute Gasteiger partial charge is 0.307 e. The summed E-state index contributed by atoms with van der Waals surface area (Å²) < 4.78 is 0. The van der Waals surface area contributed by atoms with Gasteiger partial charge in [-0.2, -0.15) is 0 Å². The third-order valence-electron chi connectivity index (χ3n) is 4.60. The molecule has 2 heterocycles. The first-order valence-electron chi connectivity index (χ1n) is 7.51. The van der Waals surface area contributed by atoms with Gasteiger partial charge < -0.3 is 15.7 Å². The van der Waals surface area contributed by atoms with Crippen molar-refractivity contribution in [3.05, 3.63) is 35.4 Å². The second kappa shape index (κ2) is 5.94. The molecule has 0 spiro atoms. The van der Waals surface area contributed by atoms with Crippen LogP contribution < -0.4 is 10.6 Å². The topological polar surface area (TPSA) is 61.4 Å². The number of hydrogen-bond acceptors (Lipinski definition) is 3. The molecule has 1 aromatic rings. The Morgan fingerprint density at radius 1 is 1.20 bits per heavy atom. The molecular formula is C16H22N2O2. The average molecular weight is 274 g/mol. The molecule has 0 aliphatic carbocycles. The molecule has 3 N–H and O–H groups in total. The Kier molecular flexibility index (Phi) is 4.03. The van der Waals surface area contributed by atoms with Crippen LogP contribution in [0.3, 0.4) is 0 Å². The molecule has 0 saturated carbocycles. The molecule has 4 nitrogen and oxygen atoms in total. The molecular weight excluding hydrogens is 252 g/mol. The summed E-state index contributed by atoms with van der Waals surface area (Å²) in [6.45, 7) is 2.77. The molecule has 4 heteroatoms. The summed E-state index contributed by atoms with van der Waals surface area (Å²) in [5.74, 6) is -0.287. The number of hydrogen-bond donors (Lipinski definition) is 3. The van der Waals surface area contributed by atoms with E-state index in [9.17, 15) is 4.79 Å². The number of carboxylic acids is 1. The third kappa shape index (κ3) is 2.86. The number of aliphatic carboxylic acids is 1. The van der Waals surface area contributed by atoms with Gasteiger partial charge in [-0.15, -0.1) is 0 Å². The molecule has 1 aromatic carbocycles. The van der Waals surface area contributed by atoms with E-state index in [4.69, 9.17) is 5.11 Å². The highest BCUT2D eigenvalue weighted by Gasteiger charge is 2.30. The Bertz CT molecular complexity index is 483. The molecule has 0 aromatic heterocycles. The molecule has 2 aliphatic rings. The van der Waals surface area contributed by atoms with E-state index in [1.165, 1.54) is 24.0 Å². The predicted octanol–water partition coefficient (Wildman–Crippen LogP) is 1.89. The van der Waals surface area contributed by atoms with Crippen LogP contribution in [0.2, 0.25) is 0 Å². The molecule has 2 atom stereocenters. The minimum atomic E-state index is -0.686. The van der Waals surface area contributed by atoms with Gasteiger partial charge in [0, 0.05) is 12.6 Å². The highest BCUT2D eigenvalue weighted by molar-refractivity contribution is 5.70. The van der Waals surface area contributed by atoms with E-state index in [0.717, 1.165) is 13.1 Å². The number of benzene rings is 1. The fraction of sp³-hybridized carbons (Fsp3) is 0.562. The van der Waals surface area contributed by atoms with Crippen LogP contribution in [0, 0.1) is 5.92 Å². The van der Waals surface area contributed by atoms with Crippen molar-refractivity contribution in [2.75, 3.05) is 19.6 Å². The van der Waals surface area contributed by atoms with Crippen LogP contribution in [0.25, 0.3) is 0 Å². The molecule has 2 unspecified atom stereocenters. The van der Waals surface area contributed by atoms with E-state index >= 15 is 0 Å². The largest absolute Gasteiger partial charge is 0.481 e. The quantitative estimate of drug-likeness (QED) is 0.787. The van der Waals surface area contributed by atoms with Crippen LogP contribution in [-0.4, -0.2) is 30.7 Å². The van der Waals surface area contributed by atoms with Gasteiger partial charge in [-0.3, -0.25) is 4.79 Å². The lowest BCUT2D eigenvalue weighted by atomic mass is 9.88. The molecule has 3 rings (SSSR count). The molecule has 2 fully saturated rings. The van der Waals surface area contributed by atoms with Crippen molar-refractivity contribution >= 4 is 5.97 Å². The Labute approximate surface area is 119 Å². The Morgan fingerprint density at radius 3 is 2.65 bits per heavy atom. The van der Waals surface area contributed by atoms with Crippen LogP contribution in [0.15, 0.2) is 24.3 Å². The Hall–Kier alpha value is -1.39. The first kappa shape index (κ1) is 13.6. The maximum Gasteiger partial charge on any atom is 0.307 e. The standard InChI is InChI=1S/C16H22N2O2/c19-16(20)14-9-15(18-10-14)13-3-1-2-12(8-13)11-4-6-17-7-5-11/h1-3,8,11,14-15,17-18H,4-7,9-10H2,(H,19,20). The lowest BCUT2D eigenvalue weighted by molar-refractivity contribution is -0.141. The van der Waals surface area contributed by atoms with Crippen molar-refractivity contribution in [2.45, 2.75) is 31.2 Å². The highest BCUT2D eigenvalue weighted by Crippen LogP contribution is 2.31. The van der Waals surface area contributed by atoms with Gasteiger partial charge in [0.1, 0.15) is 0 Å². The number of carboxylic acid groups (broad SMARTS) is 1. The van der Waals surface area contributed by atoms with E-state index in [2.05, 4.69) is 34.9 Å². The van der Waals surface area contributed by atoms with E-state index in [-0.39, 0.29) is 12.0 Å². The zero-order valence-electron chi connectivity index (χ0n) is 11.6. The Morgan fingerprint density at radius 2 is 1.95 bits per heavy atom. The van der Waals surface area contributed by atoms with E-state index in [0.29, 0.717) is 18.9 Å². The van der Waals surface area contributed by atoms with Gasteiger partial charge in [0.05, 0.1) is 5.92 Å². The zero-order chi connectivity index (χ0) is 13.9. The lowest BCUT2D eigenvalue weighted by Gasteiger charge is -2.24. The van der Waals surface area contributed by atoms with Crippen LogP contribution in [0.1, 0.15) is 42.3 Å². The fourth-order valence-corrected chi connectivity index (χ4v) is 3.36. The summed E-state index contributed by atoms with van der Waals surface area (Å²) >= 11 is 0. The van der Waals surface area contributed by atoms with Gasteiger partial charge in [-0.25, -0.2) is 0 Å². The first-order chi connectivity index (χ1) is 9.74. The monoisotopic (exact) mass is 274 g/mol. The summed E-state index contributed by atoms with van der Waals surface area (Å²) in [4.78, 5) is 11.0. The highest BCUT2D eigenvalue weighted by atomic mass is 16.4. The van der Waals surface area contributed by atoms with Gasteiger partial charge in [0.2, 0.25) is 0 Å². The molecule has 0 amide bonds. The van der Waals surface area contributed by atoms with Crippen molar-refractivity contribution in [3.8, 4) is 0 Å². The zero-order valence-corrected chi connectivity index (χ0v) is 11.6. The van der Waals surface area contributed by atoms with E-state index in [1.54, 1.807) is 0 Å². The second-order valence-corrected chi connectivity index (χ2v) is 5.93. The molecule has 108 valence electrons. The van der Waals surface area contributed by atoms with Gasteiger partial charge in [-0.1, -0.05) is 24.3 Å². The van der Waals surface area contributed by atoms with Crippen molar-refractivity contribution in [3.63, 3.8) is 0 Å². The summed E-state index contributed by atoms with van der Waals surface area (Å²) in [6, 6.07) is 8.91. The SMILES string of the molecule is O=C(O)C1CNC(c2cccc(C3CCNCC3)c2)C1. The summed E-state index contributed by atoms with van der Waals surface area (Å²) in [7, 11) is 0. The molecule has 0 bridgehead atoms. The van der Waals surface area contributed by atoms with Crippen LogP contribution in [0.5, 0.6) is 0 Å². The van der Waals surface area contributed by atoms with Crippen LogP contribution >= 0.6 is 0 Å². The molecule has 2 saturated heterocycles. The third-order valence-corrected chi connectivity index (χ3v) is 4.60. The predicted molar refractivity (Wildman–Crippen MR) is 77.8 cm³/mol. The van der Waals surface area contributed by atoms with E-state index < -0.39 is 5.97 Å². The van der Waals surface area contributed by atoms with Gasteiger partial charge >= 0.3 is 5.97 Å². The van der Waals surface area contributed by atoms with Gasteiger partial charge in [0.15, 0.2) is 0 Å². The van der Waals surface area contributed by atoms with Crippen LogP contribution in [-0.2, 0) is 4.79 Å². The number of nitrogens with one attached hydrogen (secondary N) is 2. The average Bonchev–Trinajstić information content (AvgIpc) is 2.98. The minimum absolute atomic E-state index is 0.192. The van der Waals surface area contributed by atoms with Crippen molar-refractivity contribution < 1.29 is 9.90 Å². The van der Waals surface area contributed by atoms with Crippen molar-refractivity contribution in [1.82, 2.24) is 10.6 Å². The summed E-state index contributed by atoms with van der Waals surface area (Å²) in [6.07, 6.45) is 3.09.